The molecule has 1 aromatic heterocycles. The summed E-state index contributed by atoms with van der Waals surface area (Å²) in [5.74, 6) is -4.08. The van der Waals surface area contributed by atoms with Gasteiger partial charge in [0, 0.05) is 25.1 Å². The second-order valence-corrected chi connectivity index (χ2v) is 8.28. The number of alkyl carbamates (subject to hydrolysis) is 1. The van der Waals surface area contributed by atoms with Crippen LogP contribution >= 0.6 is 11.6 Å². The molecule has 1 amide bonds. The monoisotopic (exact) mass is 459 g/mol. The second kappa shape index (κ2) is 8.74. The number of anilines is 1. The summed E-state index contributed by atoms with van der Waals surface area (Å²) in [5, 5.41) is 2.54. The van der Waals surface area contributed by atoms with Gasteiger partial charge in [0.1, 0.15) is 11.4 Å². The fraction of sp³-hybridized carbons (Fsp3) is 0.474. The number of benzene rings is 1. The summed E-state index contributed by atoms with van der Waals surface area (Å²) < 4.78 is 52.1. The van der Waals surface area contributed by atoms with Crippen molar-refractivity contribution in [2.45, 2.75) is 38.3 Å². The van der Waals surface area contributed by atoms with Crippen molar-refractivity contribution < 1.29 is 27.4 Å². The highest BCUT2D eigenvalue weighted by molar-refractivity contribution is 6.28. The number of nitrogens with one attached hydrogen (secondary N) is 1. The minimum absolute atomic E-state index is 0.0332. The first-order valence-corrected chi connectivity index (χ1v) is 9.69. The molecule has 1 fully saturated rings. The molecule has 0 bridgehead atoms. The van der Waals surface area contributed by atoms with E-state index in [1.165, 1.54) is 7.11 Å². The third-order valence-electron chi connectivity index (χ3n) is 4.50. The fourth-order valence-electron chi connectivity index (χ4n) is 3.26. The first-order chi connectivity index (χ1) is 14.5. The number of carbonyl (C=O) groups is 1. The molecule has 8 nitrogen and oxygen atoms in total. The third kappa shape index (κ3) is 5.46. The highest BCUT2D eigenvalue weighted by atomic mass is 35.5. The van der Waals surface area contributed by atoms with Gasteiger partial charge in [-0.25, -0.2) is 18.0 Å². The molecule has 2 aromatic rings. The number of nitrogens with zero attached hydrogens (tertiary/aromatic N) is 4. The Kier molecular flexibility index (Phi) is 6.44. The first-order valence-electron chi connectivity index (χ1n) is 9.31. The van der Waals surface area contributed by atoms with Crippen LogP contribution < -0.4 is 15.0 Å². The van der Waals surface area contributed by atoms with Crippen LogP contribution in [0, 0.1) is 17.5 Å². The number of halogens is 4. The molecule has 2 heterocycles. The van der Waals surface area contributed by atoms with Crippen LogP contribution in [0.4, 0.5) is 23.9 Å². The largest absolute Gasteiger partial charge is 0.467 e. The molecule has 1 aliphatic rings. The Hall–Kier alpha value is -2.82. The molecule has 1 N–H and O–H groups in total. The number of amides is 1. The van der Waals surface area contributed by atoms with Gasteiger partial charge in [-0.15, -0.1) is 0 Å². The molecule has 2 atom stereocenters. The van der Waals surface area contributed by atoms with Gasteiger partial charge in [-0.3, -0.25) is 0 Å². The van der Waals surface area contributed by atoms with Crippen molar-refractivity contribution in [1.29, 1.82) is 0 Å². The minimum atomic E-state index is -1.30. The molecule has 1 aromatic carbocycles. The Morgan fingerprint density at radius 3 is 2.45 bits per heavy atom. The van der Waals surface area contributed by atoms with Gasteiger partial charge >= 0.3 is 12.1 Å². The molecule has 0 spiro atoms. The number of methoxy groups -OCH3 is 1. The Bertz CT molecular complexity index is 989. The third-order valence-corrected chi connectivity index (χ3v) is 4.67. The predicted molar refractivity (Wildman–Crippen MR) is 106 cm³/mol. The van der Waals surface area contributed by atoms with E-state index >= 15 is 0 Å². The molecular weight excluding hydrogens is 439 g/mol. The number of hydrogen-bond donors (Lipinski definition) is 1. The Balaban J connectivity index is 1.94. The topological polar surface area (TPSA) is 89.5 Å². The number of carbonyl (C=O) groups excluding carboxylic acids is 1. The van der Waals surface area contributed by atoms with E-state index in [0.717, 1.165) is 6.07 Å². The van der Waals surface area contributed by atoms with Crippen molar-refractivity contribution in [3.05, 3.63) is 40.4 Å². The van der Waals surface area contributed by atoms with E-state index in [1.54, 1.807) is 25.7 Å². The van der Waals surface area contributed by atoms with Crippen LogP contribution in [0.15, 0.2) is 12.1 Å². The molecule has 0 radical (unpaired) electrons. The highest BCUT2D eigenvalue weighted by Gasteiger charge is 2.39. The zero-order valence-corrected chi connectivity index (χ0v) is 18.0. The van der Waals surface area contributed by atoms with Crippen molar-refractivity contribution in [2.75, 3.05) is 25.1 Å². The second-order valence-electron chi connectivity index (χ2n) is 7.94. The summed E-state index contributed by atoms with van der Waals surface area (Å²) in [6.07, 6.45) is -0.737. The molecule has 3 rings (SSSR count). The maximum absolute atomic E-state index is 14.5. The average molecular weight is 460 g/mol. The van der Waals surface area contributed by atoms with Gasteiger partial charge in [-0.1, -0.05) is 0 Å². The van der Waals surface area contributed by atoms with Crippen molar-refractivity contribution in [3.63, 3.8) is 0 Å². The van der Waals surface area contributed by atoms with E-state index in [1.807, 2.05) is 0 Å². The SMILES string of the molecule is COc1nc(Cl)nc(N2C[C@H](NC(=O)OC(C)(C)C)[C@@H](c3cc(F)c(F)cc3F)C2)n1. The van der Waals surface area contributed by atoms with Gasteiger partial charge in [0.25, 0.3) is 0 Å². The molecule has 168 valence electrons. The van der Waals surface area contributed by atoms with E-state index in [0.29, 0.717) is 6.07 Å². The molecular formula is C19H21ClF3N5O3. The molecule has 31 heavy (non-hydrogen) atoms. The maximum Gasteiger partial charge on any atom is 0.407 e. The molecule has 0 unspecified atom stereocenters. The van der Waals surface area contributed by atoms with Crippen LogP contribution in [0.3, 0.4) is 0 Å². The number of rotatable bonds is 4. The molecule has 12 heteroatoms. The van der Waals surface area contributed by atoms with Gasteiger partial charge in [-0.2, -0.15) is 15.0 Å². The maximum atomic E-state index is 14.5. The van der Waals surface area contributed by atoms with Crippen LogP contribution in [-0.2, 0) is 4.74 Å². The van der Waals surface area contributed by atoms with E-state index < -0.39 is 41.1 Å². The zero-order valence-electron chi connectivity index (χ0n) is 17.2. The zero-order chi connectivity index (χ0) is 22.9. The smallest absolute Gasteiger partial charge is 0.407 e. The summed E-state index contributed by atoms with van der Waals surface area (Å²) in [7, 11) is 1.35. The minimum Gasteiger partial charge on any atom is -0.467 e. The van der Waals surface area contributed by atoms with Crippen LogP contribution in [0.1, 0.15) is 32.3 Å². The molecule has 0 saturated carbocycles. The van der Waals surface area contributed by atoms with Crippen LogP contribution in [0.2, 0.25) is 5.28 Å². The van der Waals surface area contributed by atoms with Crippen molar-refractivity contribution >= 4 is 23.6 Å². The summed E-state index contributed by atoms with van der Waals surface area (Å²) in [6.45, 7) is 5.27. The highest BCUT2D eigenvalue weighted by Crippen LogP contribution is 2.33. The predicted octanol–water partition coefficient (Wildman–Crippen LogP) is 3.45. The van der Waals surface area contributed by atoms with Crippen LogP contribution in [0.5, 0.6) is 6.01 Å². The summed E-state index contributed by atoms with van der Waals surface area (Å²) >= 11 is 5.91. The molecule has 1 aliphatic heterocycles. The van der Waals surface area contributed by atoms with Gasteiger partial charge in [-0.05, 0) is 44.0 Å². The van der Waals surface area contributed by atoms with Crippen molar-refractivity contribution in [2.24, 2.45) is 0 Å². The Morgan fingerprint density at radius 2 is 1.81 bits per heavy atom. The normalized spacial score (nSPS) is 18.8. The van der Waals surface area contributed by atoms with E-state index in [4.69, 9.17) is 21.1 Å². The van der Waals surface area contributed by atoms with Gasteiger partial charge in [0.05, 0.1) is 13.2 Å². The lowest BCUT2D eigenvalue weighted by atomic mass is 9.93. The van der Waals surface area contributed by atoms with E-state index in [-0.39, 0.29) is 35.9 Å². The number of aromatic nitrogens is 3. The average Bonchev–Trinajstić information content (AvgIpc) is 3.06. The molecule has 0 aliphatic carbocycles. The van der Waals surface area contributed by atoms with Crippen molar-refractivity contribution in [1.82, 2.24) is 20.3 Å². The summed E-state index contributed by atoms with van der Waals surface area (Å²) in [6, 6.07) is 0.495. The lowest BCUT2D eigenvalue weighted by molar-refractivity contribution is 0.0504. The number of ether oxygens (including phenoxy) is 2. The lowest BCUT2D eigenvalue weighted by Crippen LogP contribution is -2.43. The summed E-state index contributed by atoms with van der Waals surface area (Å²) in [4.78, 5) is 25.9. The summed E-state index contributed by atoms with van der Waals surface area (Å²) in [5.41, 5.74) is -0.866. The quantitative estimate of drug-likeness (QED) is 0.700. The van der Waals surface area contributed by atoms with Crippen LogP contribution in [0.25, 0.3) is 0 Å². The van der Waals surface area contributed by atoms with Crippen molar-refractivity contribution in [3.8, 4) is 6.01 Å². The van der Waals surface area contributed by atoms with Gasteiger partial charge in [0.2, 0.25) is 11.2 Å². The van der Waals surface area contributed by atoms with E-state index in [2.05, 4.69) is 20.3 Å². The van der Waals surface area contributed by atoms with Gasteiger partial charge < -0.3 is 19.7 Å². The first kappa shape index (κ1) is 22.9. The fourth-order valence-corrected chi connectivity index (χ4v) is 3.41. The van der Waals surface area contributed by atoms with Gasteiger partial charge in [0.15, 0.2) is 11.6 Å². The lowest BCUT2D eigenvalue weighted by Gasteiger charge is -2.24. The number of hydrogen-bond acceptors (Lipinski definition) is 7. The Labute approximate surface area is 181 Å². The van der Waals surface area contributed by atoms with Crippen LogP contribution in [-0.4, -0.2) is 52.9 Å². The van der Waals surface area contributed by atoms with E-state index in [9.17, 15) is 18.0 Å². The standard InChI is InChI=1S/C19H21ClF3N5O3/c1-19(2,3)31-18(29)24-14-8-28(16-25-15(20)26-17(27-16)30-4)7-10(14)9-5-12(22)13(23)6-11(9)21/h5-6,10,14H,7-8H2,1-4H3,(H,24,29)/t10-,14+/m1/s1. The Morgan fingerprint density at radius 1 is 1.13 bits per heavy atom. The molecule has 1 saturated heterocycles.